The van der Waals surface area contributed by atoms with Crippen molar-refractivity contribution in [2.24, 2.45) is 5.73 Å². The van der Waals surface area contributed by atoms with Crippen LogP contribution in [0, 0.1) is 12.0 Å². The Labute approximate surface area is 142 Å². The zero-order valence-corrected chi connectivity index (χ0v) is 13.4. The van der Waals surface area contributed by atoms with Crippen LogP contribution in [0.2, 0.25) is 0 Å². The Kier molecular flexibility index (Phi) is 4.49. The molecule has 9 nitrogen and oxygen atoms in total. The summed E-state index contributed by atoms with van der Waals surface area (Å²) in [6.07, 6.45) is 1.31. The lowest BCUT2D eigenvalue weighted by atomic mass is 9.98. The van der Waals surface area contributed by atoms with Gasteiger partial charge in [-0.1, -0.05) is 0 Å². The van der Waals surface area contributed by atoms with E-state index in [0.29, 0.717) is 10.9 Å². The van der Waals surface area contributed by atoms with E-state index in [1.807, 2.05) is 0 Å². The number of aliphatic hydroxyl groups is 2. The fourth-order valence-corrected chi connectivity index (χ4v) is 2.88. The molecule has 25 heavy (non-hydrogen) atoms. The molecule has 3 heterocycles. The minimum absolute atomic E-state index is 0.0870. The summed E-state index contributed by atoms with van der Waals surface area (Å²) in [7, 11) is 0. The van der Waals surface area contributed by atoms with Gasteiger partial charge in [-0.05, 0) is 12.8 Å². The Bertz CT molecular complexity index is 844. The minimum Gasteiger partial charge on any atom is -0.431 e. The normalized spacial score (nSPS) is 28.8. The maximum absolute atomic E-state index is 15.1. The van der Waals surface area contributed by atoms with Gasteiger partial charge in [0.2, 0.25) is 0 Å². The topological polar surface area (TPSA) is 142 Å². The molecular formula is C15H18FN5O4. The largest absolute Gasteiger partial charge is 0.431 e. The number of anilines is 1. The third kappa shape index (κ3) is 2.77. The number of alkyl halides is 1. The highest BCUT2D eigenvalue weighted by Gasteiger charge is 2.55. The first-order valence-electron chi connectivity index (χ1n) is 7.49. The number of nitrogens with zero attached hydrogens (tertiary/aromatic N) is 3. The Hall–Kier alpha value is -2.45. The van der Waals surface area contributed by atoms with E-state index in [-0.39, 0.29) is 18.2 Å². The fourth-order valence-electron chi connectivity index (χ4n) is 2.88. The molecule has 3 rings (SSSR count). The lowest BCUT2D eigenvalue weighted by Crippen LogP contribution is -2.40. The summed E-state index contributed by atoms with van der Waals surface area (Å²) in [5.41, 5.74) is 9.63. The highest BCUT2D eigenvalue weighted by Crippen LogP contribution is 2.43. The molecule has 10 heteroatoms. The van der Waals surface area contributed by atoms with Gasteiger partial charge >= 0.3 is 0 Å². The molecule has 0 aromatic carbocycles. The predicted octanol–water partition coefficient (Wildman–Crippen LogP) is -0.766. The minimum atomic E-state index is -2.17. The third-order valence-electron chi connectivity index (χ3n) is 4.13. The molecule has 134 valence electrons. The van der Waals surface area contributed by atoms with E-state index in [9.17, 15) is 10.2 Å². The molecule has 6 N–H and O–H groups in total. The first-order valence-corrected chi connectivity index (χ1v) is 7.49. The molecule has 0 saturated carbocycles. The van der Waals surface area contributed by atoms with Gasteiger partial charge in [0, 0.05) is 6.20 Å². The van der Waals surface area contributed by atoms with Crippen LogP contribution in [-0.2, 0) is 9.47 Å². The molecule has 1 aliphatic heterocycles. The second kappa shape index (κ2) is 6.45. The molecule has 2 unspecified atom stereocenters. The van der Waals surface area contributed by atoms with Gasteiger partial charge in [0.05, 0.1) is 17.6 Å². The summed E-state index contributed by atoms with van der Waals surface area (Å²) in [5, 5.41) is 19.7. The Morgan fingerprint density at radius 3 is 2.92 bits per heavy atom. The van der Waals surface area contributed by atoms with Gasteiger partial charge in [0.1, 0.15) is 42.8 Å². The fraction of sp³-hybridized carbons (Fsp3) is 0.467. The highest BCUT2D eigenvalue weighted by atomic mass is 19.1. The van der Waals surface area contributed by atoms with E-state index in [2.05, 4.69) is 22.0 Å². The lowest BCUT2D eigenvalue weighted by molar-refractivity contribution is -0.0564. The molecule has 0 bridgehead atoms. The van der Waals surface area contributed by atoms with Gasteiger partial charge in [0.15, 0.2) is 11.9 Å². The van der Waals surface area contributed by atoms with Crippen LogP contribution in [0.3, 0.4) is 0 Å². The van der Waals surface area contributed by atoms with Crippen LogP contribution in [0.1, 0.15) is 18.7 Å². The van der Waals surface area contributed by atoms with Crippen molar-refractivity contribution in [3.8, 4) is 12.0 Å². The van der Waals surface area contributed by atoms with Crippen LogP contribution in [-0.4, -0.2) is 56.0 Å². The van der Waals surface area contributed by atoms with Crippen molar-refractivity contribution in [3.63, 3.8) is 0 Å². The van der Waals surface area contributed by atoms with Gasteiger partial charge in [-0.3, -0.25) is 5.73 Å². The van der Waals surface area contributed by atoms with Crippen molar-refractivity contribution in [2.75, 3.05) is 19.1 Å². The number of hydrogen-bond donors (Lipinski definition) is 4. The average molecular weight is 351 g/mol. The van der Waals surface area contributed by atoms with Crippen molar-refractivity contribution < 1.29 is 24.1 Å². The molecule has 0 radical (unpaired) electrons. The number of halogens is 1. The zero-order chi connectivity index (χ0) is 18.2. The molecule has 2 aromatic rings. The Morgan fingerprint density at radius 2 is 2.28 bits per heavy atom. The van der Waals surface area contributed by atoms with Crippen molar-refractivity contribution in [3.05, 3.63) is 18.1 Å². The lowest BCUT2D eigenvalue weighted by Gasteiger charge is -2.25. The molecule has 2 aromatic heterocycles. The number of aliphatic hydroxyl groups excluding tert-OH is 2. The van der Waals surface area contributed by atoms with Crippen LogP contribution < -0.4 is 11.5 Å². The summed E-state index contributed by atoms with van der Waals surface area (Å²) < 4.78 is 26.8. The number of rotatable bonds is 3. The molecule has 1 aliphatic rings. The standard InChI is InChI=1S/C15H18FN5O4/c1-15(16)11(23)9(5-22)25-14(15)21-4-8(2-3-24-6-17)10-12(18)19-7-20-13(10)21/h4,7,9,11,14,22-23H,5-6,17H2,1H3,(H2,18,19,20)/t9?,11-,14?,15-/m1/s1. The predicted molar refractivity (Wildman–Crippen MR) is 85.5 cm³/mol. The number of ether oxygens (including phenoxy) is 2. The molecule has 1 saturated heterocycles. The van der Waals surface area contributed by atoms with Crippen LogP contribution in [0.4, 0.5) is 10.2 Å². The Balaban J connectivity index is 2.15. The van der Waals surface area contributed by atoms with Crippen LogP contribution in [0.15, 0.2) is 12.5 Å². The van der Waals surface area contributed by atoms with E-state index < -0.39 is 30.7 Å². The molecule has 0 aliphatic carbocycles. The first-order chi connectivity index (χ1) is 11.9. The molecule has 1 fully saturated rings. The third-order valence-corrected chi connectivity index (χ3v) is 4.13. The second-order valence-electron chi connectivity index (χ2n) is 5.75. The molecular weight excluding hydrogens is 333 g/mol. The second-order valence-corrected chi connectivity index (χ2v) is 5.75. The maximum atomic E-state index is 15.1. The van der Waals surface area contributed by atoms with E-state index in [0.717, 1.165) is 0 Å². The van der Waals surface area contributed by atoms with E-state index >= 15 is 4.39 Å². The summed E-state index contributed by atoms with van der Waals surface area (Å²) in [5.74, 6) is 2.87. The number of hydrogen-bond acceptors (Lipinski definition) is 8. The van der Waals surface area contributed by atoms with Gasteiger partial charge in [0.25, 0.3) is 0 Å². The van der Waals surface area contributed by atoms with Gasteiger partial charge < -0.3 is 30.0 Å². The van der Waals surface area contributed by atoms with Gasteiger partial charge in [-0.15, -0.1) is 0 Å². The van der Waals surface area contributed by atoms with Crippen molar-refractivity contribution in [2.45, 2.75) is 31.0 Å². The Morgan fingerprint density at radius 1 is 1.52 bits per heavy atom. The first kappa shape index (κ1) is 17.4. The maximum Gasteiger partial charge on any atom is 0.181 e. The molecule has 0 spiro atoms. The molecule has 0 amide bonds. The number of aromatic nitrogens is 3. The van der Waals surface area contributed by atoms with Crippen LogP contribution in [0.5, 0.6) is 0 Å². The van der Waals surface area contributed by atoms with Crippen molar-refractivity contribution in [1.82, 2.24) is 14.5 Å². The number of nitrogens with two attached hydrogens (primary N) is 2. The SMILES string of the molecule is C[C@]1(F)C(n2cc(C#COCN)c3c(N)ncnc32)OC(CO)[C@H]1O. The van der Waals surface area contributed by atoms with Gasteiger partial charge in [-0.25, -0.2) is 14.4 Å². The monoisotopic (exact) mass is 351 g/mol. The summed E-state index contributed by atoms with van der Waals surface area (Å²) in [4.78, 5) is 8.04. The summed E-state index contributed by atoms with van der Waals surface area (Å²) in [6, 6.07) is 0. The summed E-state index contributed by atoms with van der Waals surface area (Å²) in [6.45, 7) is 0.581. The summed E-state index contributed by atoms with van der Waals surface area (Å²) >= 11 is 0. The van der Waals surface area contributed by atoms with Gasteiger partial charge in [-0.2, -0.15) is 0 Å². The van der Waals surface area contributed by atoms with E-state index in [4.69, 9.17) is 20.9 Å². The van der Waals surface area contributed by atoms with Crippen LogP contribution in [0.25, 0.3) is 11.0 Å². The number of fused-ring (bicyclic) bond motifs is 1. The van der Waals surface area contributed by atoms with Crippen LogP contribution >= 0.6 is 0 Å². The van der Waals surface area contributed by atoms with Crippen molar-refractivity contribution >= 4 is 16.9 Å². The highest BCUT2D eigenvalue weighted by molar-refractivity contribution is 5.92. The number of nitrogen functional groups attached to an aromatic ring is 1. The molecule has 4 atom stereocenters. The smallest absolute Gasteiger partial charge is 0.181 e. The quantitative estimate of drug-likeness (QED) is 0.417. The van der Waals surface area contributed by atoms with E-state index in [1.165, 1.54) is 24.0 Å². The zero-order valence-electron chi connectivity index (χ0n) is 13.4. The average Bonchev–Trinajstić information content (AvgIpc) is 3.05. The van der Waals surface area contributed by atoms with E-state index in [1.54, 1.807) is 0 Å². The van der Waals surface area contributed by atoms with Crippen molar-refractivity contribution in [1.29, 1.82) is 0 Å².